The molecule has 0 fully saturated rings. The Hall–Kier alpha value is -1.59. The Morgan fingerprint density at radius 2 is 2.42 bits per heavy atom. The van der Waals surface area contributed by atoms with Crippen LogP contribution in [0.15, 0.2) is 4.79 Å². The fraction of sp³-hybridized carbons (Fsp3) is 0.500. The van der Waals surface area contributed by atoms with Crippen LogP contribution >= 0.6 is 0 Å². The van der Waals surface area contributed by atoms with E-state index in [0.29, 0.717) is 12.2 Å². The summed E-state index contributed by atoms with van der Waals surface area (Å²) in [4.78, 5) is 23.6. The second kappa shape index (κ2) is 3.21. The Morgan fingerprint density at radius 3 is 2.83 bits per heavy atom. The summed E-state index contributed by atoms with van der Waals surface area (Å²) in [7, 11) is 0. The number of aromatic nitrogens is 3. The Labute approximate surface area is 67.8 Å². The van der Waals surface area contributed by atoms with Gasteiger partial charge in [-0.25, -0.2) is 9.48 Å². The number of nitrogens with one attached hydrogen (secondary N) is 1. The molecule has 0 aliphatic rings. The van der Waals surface area contributed by atoms with Crippen LogP contribution in [0.4, 0.5) is 0 Å². The molecule has 0 saturated heterocycles. The van der Waals surface area contributed by atoms with Crippen molar-refractivity contribution in [3.63, 3.8) is 0 Å². The number of carbonyl (C=O) groups is 1. The van der Waals surface area contributed by atoms with E-state index in [2.05, 4.69) is 10.1 Å². The van der Waals surface area contributed by atoms with Gasteiger partial charge in [0, 0.05) is 6.42 Å². The fourth-order valence-corrected chi connectivity index (χ4v) is 0.798. The average Bonchev–Trinajstić information content (AvgIpc) is 2.31. The van der Waals surface area contributed by atoms with Gasteiger partial charge < -0.3 is 5.11 Å². The molecule has 0 unspecified atom stereocenters. The summed E-state index contributed by atoms with van der Waals surface area (Å²) in [5.41, 5.74) is -0.478. The van der Waals surface area contributed by atoms with E-state index in [9.17, 15) is 9.59 Å². The molecule has 6 heteroatoms. The molecule has 1 aromatic heterocycles. The highest BCUT2D eigenvalue weighted by Crippen LogP contribution is 1.85. The highest BCUT2D eigenvalue weighted by molar-refractivity contribution is 5.66. The quantitative estimate of drug-likeness (QED) is 0.624. The highest BCUT2D eigenvalue weighted by Gasteiger charge is 2.05. The topological polar surface area (TPSA) is 88.0 Å². The second-order valence-corrected chi connectivity index (χ2v) is 2.28. The largest absolute Gasteiger partial charge is 0.480 e. The summed E-state index contributed by atoms with van der Waals surface area (Å²) in [6.45, 7) is 1.43. The van der Waals surface area contributed by atoms with Gasteiger partial charge in [-0.15, -0.1) is 0 Å². The first-order chi connectivity index (χ1) is 5.63. The van der Waals surface area contributed by atoms with Crippen molar-refractivity contribution in [1.82, 2.24) is 14.8 Å². The zero-order chi connectivity index (χ0) is 9.14. The summed E-state index contributed by atoms with van der Waals surface area (Å²) in [5.74, 6) is -0.576. The number of aryl methyl sites for hydroxylation is 1. The van der Waals surface area contributed by atoms with Crippen LogP contribution in [0.2, 0.25) is 0 Å². The van der Waals surface area contributed by atoms with E-state index in [1.54, 1.807) is 0 Å². The molecule has 2 N–H and O–H groups in total. The summed E-state index contributed by atoms with van der Waals surface area (Å²) in [5, 5.41) is 12.1. The van der Waals surface area contributed by atoms with E-state index in [0.717, 1.165) is 4.68 Å². The molecule has 6 nitrogen and oxygen atoms in total. The third kappa shape index (κ3) is 1.71. The summed E-state index contributed by atoms with van der Waals surface area (Å²) >= 11 is 0. The number of hydrogen-bond donors (Lipinski definition) is 2. The van der Waals surface area contributed by atoms with Gasteiger partial charge in [0.1, 0.15) is 12.4 Å². The number of carboxylic acid groups (broad SMARTS) is 1. The summed E-state index contributed by atoms with van der Waals surface area (Å²) < 4.78 is 0.890. The molecular formula is C6H9N3O3. The first-order valence-corrected chi connectivity index (χ1v) is 3.51. The molecule has 0 bridgehead atoms. The molecule has 0 saturated carbocycles. The van der Waals surface area contributed by atoms with Gasteiger partial charge >= 0.3 is 11.7 Å². The zero-order valence-corrected chi connectivity index (χ0v) is 6.57. The van der Waals surface area contributed by atoms with Crippen LogP contribution in [0.1, 0.15) is 12.7 Å². The van der Waals surface area contributed by atoms with Crippen LogP contribution in [0.3, 0.4) is 0 Å². The predicted octanol–water partition coefficient (Wildman–Crippen LogP) is -0.782. The molecular weight excluding hydrogens is 162 g/mol. The Kier molecular flexibility index (Phi) is 2.27. The number of H-pyrrole nitrogens is 1. The molecule has 0 aromatic carbocycles. The van der Waals surface area contributed by atoms with Crippen molar-refractivity contribution >= 4 is 5.97 Å². The molecule has 1 aromatic rings. The van der Waals surface area contributed by atoms with E-state index in [1.165, 1.54) is 0 Å². The molecule has 0 atom stereocenters. The van der Waals surface area contributed by atoms with Gasteiger partial charge in [0.15, 0.2) is 0 Å². The minimum atomic E-state index is -1.08. The monoisotopic (exact) mass is 171 g/mol. The standard InChI is InChI=1S/C6H9N3O3/c1-2-4-7-6(12)9(8-4)3-5(10)11/h2-3H2,1H3,(H,10,11)(H,7,8,12). The normalized spacial score (nSPS) is 10.1. The SMILES string of the molecule is CCc1nn(CC(=O)O)c(=O)[nH]1. The smallest absolute Gasteiger partial charge is 0.343 e. The Balaban J connectivity index is 2.92. The van der Waals surface area contributed by atoms with E-state index in [4.69, 9.17) is 5.11 Å². The maximum absolute atomic E-state index is 10.9. The highest BCUT2D eigenvalue weighted by atomic mass is 16.4. The lowest BCUT2D eigenvalue weighted by Gasteiger charge is -1.90. The molecule has 0 radical (unpaired) electrons. The maximum Gasteiger partial charge on any atom is 0.343 e. The number of hydrogen-bond acceptors (Lipinski definition) is 3. The predicted molar refractivity (Wildman–Crippen MR) is 39.9 cm³/mol. The minimum absolute atomic E-state index is 0.394. The van der Waals surface area contributed by atoms with Gasteiger partial charge in [-0.1, -0.05) is 6.92 Å². The van der Waals surface area contributed by atoms with E-state index >= 15 is 0 Å². The van der Waals surface area contributed by atoms with Gasteiger partial charge in [-0.05, 0) is 0 Å². The molecule has 0 aliphatic carbocycles. The van der Waals surface area contributed by atoms with Crippen molar-refractivity contribution in [3.05, 3.63) is 16.3 Å². The molecule has 12 heavy (non-hydrogen) atoms. The van der Waals surface area contributed by atoms with Crippen molar-refractivity contribution < 1.29 is 9.90 Å². The van der Waals surface area contributed by atoms with Gasteiger partial charge in [-0.3, -0.25) is 9.78 Å². The third-order valence-electron chi connectivity index (χ3n) is 1.35. The number of nitrogens with zero attached hydrogens (tertiary/aromatic N) is 2. The van der Waals surface area contributed by atoms with Gasteiger partial charge in [0.05, 0.1) is 0 Å². The lowest BCUT2D eigenvalue weighted by molar-refractivity contribution is -0.137. The van der Waals surface area contributed by atoms with Gasteiger partial charge in [-0.2, -0.15) is 5.10 Å². The number of rotatable bonds is 3. The van der Waals surface area contributed by atoms with Crippen LogP contribution in [0.25, 0.3) is 0 Å². The minimum Gasteiger partial charge on any atom is -0.480 e. The number of carboxylic acids is 1. The summed E-state index contributed by atoms with van der Waals surface area (Å²) in [6, 6.07) is 0. The van der Waals surface area contributed by atoms with Crippen molar-refractivity contribution in [3.8, 4) is 0 Å². The second-order valence-electron chi connectivity index (χ2n) is 2.28. The van der Waals surface area contributed by atoms with E-state index in [-0.39, 0.29) is 0 Å². The summed E-state index contributed by atoms with van der Waals surface area (Å²) in [6.07, 6.45) is 0.585. The molecule has 0 amide bonds. The van der Waals surface area contributed by atoms with Crippen LogP contribution in [0.5, 0.6) is 0 Å². The average molecular weight is 171 g/mol. The van der Waals surface area contributed by atoms with E-state index < -0.39 is 18.2 Å². The molecule has 0 aliphatic heterocycles. The molecule has 1 rings (SSSR count). The van der Waals surface area contributed by atoms with Crippen molar-refractivity contribution in [2.45, 2.75) is 19.9 Å². The molecule has 1 heterocycles. The molecule has 0 spiro atoms. The zero-order valence-electron chi connectivity index (χ0n) is 6.57. The van der Waals surface area contributed by atoms with Crippen LogP contribution < -0.4 is 5.69 Å². The fourth-order valence-electron chi connectivity index (χ4n) is 0.798. The lowest BCUT2D eigenvalue weighted by Crippen LogP contribution is -2.22. The van der Waals surface area contributed by atoms with E-state index in [1.807, 2.05) is 6.92 Å². The number of aromatic amines is 1. The molecule has 66 valence electrons. The third-order valence-corrected chi connectivity index (χ3v) is 1.35. The van der Waals surface area contributed by atoms with Crippen LogP contribution in [-0.4, -0.2) is 25.8 Å². The Bertz CT molecular complexity index is 338. The number of aliphatic carboxylic acids is 1. The van der Waals surface area contributed by atoms with Crippen molar-refractivity contribution in [1.29, 1.82) is 0 Å². The van der Waals surface area contributed by atoms with Gasteiger partial charge in [0.2, 0.25) is 0 Å². The van der Waals surface area contributed by atoms with Gasteiger partial charge in [0.25, 0.3) is 0 Å². The van der Waals surface area contributed by atoms with Crippen molar-refractivity contribution in [2.24, 2.45) is 0 Å². The van der Waals surface area contributed by atoms with Crippen molar-refractivity contribution in [2.75, 3.05) is 0 Å². The first-order valence-electron chi connectivity index (χ1n) is 3.51. The first kappa shape index (κ1) is 8.51. The van der Waals surface area contributed by atoms with Crippen LogP contribution in [-0.2, 0) is 17.8 Å². The Morgan fingerprint density at radius 1 is 1.75 bits per heavy atom. The van der Waals surface area contributed by atoms with Crippen LogP contribution in [0, 0.1) is 0 Å². The maximum atomic E-state index is 10.9. The lowest BCUT2D eigenvalue weighted by atomic mass is 10.5.